The van der Waals surface area contributed by atoms with E-state index in [1.807, 2.05) is 0 Å². The summed E-state index contributed by atoms with van der Waals surface area (Å²) in [4.78, 5) is 57.2. The molecule has 0 saturated carbocycles. The summed E-state index contributed by atoms with van der Waals surface area (Å²) >= 11 is 2.17. The number of ether oxygens (including phenoxy) is 1. The molecule has 0 spiro atoms. The highest BCUT2D eigenvalue weighted by Gasteiger charge is 2.33. The molecule has 3 aromatic rings. The minimum atomic E-state index is -0.994. The number of aromatic nitrogens is 1. The lowest BCUT2D eigenvalue weighted by molar-refractivity contribution is -0.129. The van der Waals surface area contributed by atoms with Crippen LogP contribution in [0.4, 0.5) is 5.13 Å². The Morgan fingerprint density at radius 2 is 1.97 bits per heavy atom. The number of rotatable bonds is 6. The number of carbonyl (C=O) groups excluding carboxylic acids is 4. The lowest BCUT2D eigenvalue weighted by Crippen LogP contribution is -2.41. The van der Waals surface area contributed by atoms with Crippen LogP contribution in [-0.4, -0.2) is 46.2 Å². The average Bonchev–Trinajstić information content (AvgIpc) is 3.19. The van der Waals surface area contributed by atoms with E-state index in [0.717, 1.165) is 16.5 Å². The van der Waals surface area contributed by atoms with Gasteiger partial charge in [0.15, 0.2) is 10.3 Å². The van der Waals surface area contributed by atoms with Crippen molar-refractivity contribution in [1.29, 1.82) is 0 Å². The van der Waals surface area contributed by atoms with Crippen LogP contribution in [0, 0.1) is 0 Å². The van der Waals surface area contributed by atoms with Crippen LogP contribution in [0.15, 0.2) is 53.5 Å². The Hall–Kier alpha value is -3.57. The van der Waals surface area contributed by atoms with Gasteiger partial charge in [0, 0.05) is 0 Å². The Kier molecular flexibility index (Phi) is 6.80. The highest BCUT2D eigenvalue weighted by atomic mass is 32.2. The van der Waals surface area contributed by atoms with Crippen LogP contribution in [0.1, 0.15) is 28.8 Å². The van der Waals surface area contributed by atoms with Gasteiger partial charge in [0.05, 0.1) is 28.1 Å². The van der Waals surface area contributed by atoms with Gasteiger partial charge in [0.1, 0.15) is 5.92 Å². The van der Waals surface area contributed by atoms with Gasteiger partial charge in [-0.05, 0) is 30.7 Å². The van der Waals surface area contributed by atoms with Gasteiger partial charge in [0.2, 0.25) is 11.8 Å². The lowest BCUT2D eigenvalue weighted by Gasteiger charge is -2.19. The van der Waals surface area contributed by atoms with E-state index in [1.54, 1.807) is 55.5 Å². The summed E-state index contributed by atoms with van der Waals surface area (Å²) in [7, 11) is 0. The van der Waals surface area contributed by atoms with Gasteiger partial charge in [-0.15, -0.1) is 0 Å². The summed E-state index contributed by atoms with van der Waals surface area (Å²) in [5, 5.41) is 5.71. The average molecular weight is 483 g/mol. The number of anilines is 1. The summed E-state index contributed by atoms with van der Waals surface area (Å²) in [6.45, 7) is 2.01. The summed E-state index contributed by atoms with van der Waals surface area (Å²) in [5.41, 5.74) is 1.61. The van der Waals surface area contributed by atoms with Crippen molar-refractivity contribution in [3.63, 3.8) is 0 Å². The molecule has 11 heteroatoms. The third-order valence-corrected chi connectivity index (χ3v) is 6.38. The molecule has 2 aromatic carbocycles. The number of hydrogen-bond acceptors (Lipinski definition) is 8. The number of thioether (sulfide) groups is 1. The Bertz CT molecular complexity index is 1270. The molecule has 0 unspecified atom stereocenters. The maximum atomic E-state index is 12.4. The number of hydrogen-bond donors (Lipinski definition) is 2. The number of aliphatic imine (C=N–C) groups is 1. The zero-order valence-corrected chi connectivity index (χ0v) is 19.0. The van der Waals surface area contributed by atoms with Crippen LogP contribution in [0.25, 0.3) is 10.2 Å². The molecule has 1 aliphatic heterocycles. The number of carbonyl (C=O) groups is 4. The second kappa shape index (κ2) is 9.92. The molecular weight excluding hydrogens is 464 g/mol. The molecule has 0 fully saturated rings. The van der Waals surface area contributed by atoms with Crippen LogP contribution in [0.5, 0.6) is 0 Å². The molecule has 168 valence electrons. The first-order valence-electron chi connectivity index (χ1n) is 9.93. The van der Waals surface area contributed by atoms with E-state index in [2.05, 4.69) is 20.6 Å². The monoisotopic (exact) mass is 482 g/mol. The van der Waals surface area contributed by atoms with Gasteiger partial charge < -0.3 is 15.4 Å². The summed E-state index contributed by atoms with van der Waals surface area (Å²) in [6, 6.07) is 13.6. The van der Waals surface area contributed by atoms with Gasteiger partial charge in [-0.1, -0.05) is 53.4 Å². The van der Waals surface area contributed by atoms with Crippen molar-refractivity contribution in [2.24, 2.45) is 4.99 Å². The Morgan fingerprint density at radius 1 is 1.18 bits per heavy atom. The van der Waals surface area contributed by atoms with E-state index in [1.165, 1.54) is 11.3 Å². The smallest absolute Gasteiger partial charge is 0.338 e. The minimum absolute atomic E-state index is 0.0770. The van der Waals surface area contributed by atoms with E-state index in [-0.39, 0.29) is 23.4 Å². The number of fused-ring (bicyclic) bond motifs is 1. The van der Waals surface area contributed by atoms with Crippen LogP contribution >= 0.6 is 23.1 Å². The zero-order chi connectivity index (χ0) is 23.4. The molecule has 1 aromatic heterocycles. The lowest BCUT2D eigenvalue weighted by atomic mass is 9.97. The molecule has 1 atom stereocenters. The quantitative estimate of drug-likeness (QED) is 0.408. The van der Waals surface area contributed by atoms with E-state index in [9.17, 15) is 19.2 Å². The Balaban J connectivity index is 1.36. The standard InChI is InChI=1S/C22H18N4O5S2/c1-2-31-20(30)13-8-9-14-15(10-13)33-22(23-14)24-16(27)11-32-21-25-18(28)17(19(29)26-21)12-6-4-3-5-7-12/h3-10,17H,2,11H2,1H3,(H,23,24,27)(H,25,26,28,29). The fourth-order valence-electron chi connectivity index (χ4n) is 3.10. The third-order valence-electron chi connectivity index (χ3n) is 4.57. The van der Waals surface area contributed by atoms with Crippen LogP contribution in [0.2, 0.25) is 0 Å². The molecule has 3 amide bonds. The van der Waals surface area contributed by atoms with E-state index >= 15 is 0 Å². The van der Waals surface area contributed by atoms with Crippen LogP contribution in [-0.2, 0) is 19.1 Å². The van der Waals surface area contributed by atoms with Gasteiger partial charge in [-0.25, -0.2) is 9.78 Å². The molecule has 33 heavy (non-hydrogen) atoms. The molecule has 1 aliphatic rings. The predicted octanol–water partition coefficient (Wildman–Crippen LogP) is 2.94. The number of amides is 3. The molecule has 0 radical (unpaired) electrons. The molecule has 2 heterocycles. The van der Waals surface area contributed by atoms with Gasteiger partial charge in [-0.3, -0.25) is 14.4 Å². The van der Waals surface area contributed by atoms with Crippen molar-refractivity contribution in [3.05, 3.63) is 59.7 Å². The Morgan fingerprint density at radius 3 is 2.70 bits per heavy atom. The summed E-state index contributed by atoms with van der Waals surface area (Å²) in [5.74, 6) is -2.92. The first kappa shape index (κ1) is 22.6. The molecule has 4 rings (SSSR count). The fraction of sp³-hybridized carbons (Fsp3) is 0.182. The molecule has 0 saturated heterocycles. The van der Waals surface area contributed by atoms with E-state index in [0.29, 0.717) is 21.8 Å². The highest BCUT2D eigenvalue weighted by Crippen LogP contribution is 2.27. The first-order chi connectivity index (χ1) is 15.9. The third kappa shape index (κ3) is 5.26. The van der Waals surface area contributed by atoms with E-state index < -0.39 is 23.7 Å². The molecule has 9 nitrogen and oxygen atoms in total. The Labute approximate surface area is 196 Å². The number of thiazole rings is 1. The maximum absolute atomic E-state index is 12.4. The first-order valence-corrected chi connectivity index (χ1v) is 11.7. The second-order valence-corrected chi connectivity index (χ2v) is 8.84. The predicted molar refractivity (Wildman–Crippen MR) is 126 cm³/mol. The van der Waals surface area contributed by atoms with Gasteiger partial charge in [0.25, 0.3) is 5.91 Å². The number of benzene rings is 2. The number of esters is 1. The number of amidine groups is 1. The van der Waals surface area contributed by atoms with Crippen molar-refractivity contribution in [3.8, 4) is 0 Å². The topological polar surface area (TPSA) is 127 Å². The van der Waals surface area contributed by atoms with Gasteiger partial charge in [-0.2, -0.15) is 4.99 Å². The SMILES string of the molecule is CCOC(=O)c1ccc2nc(NC(=O)CSC3=NC(=O)[C@H](c4ccccc4)C(=O)N3)sc2c1. The van der Waals surface area contributed by atoms with Crippen LogP contribution in [0.3, 0.4) is 0 Å². The fourth-order valence-corrected chi connectivity index (χ4v) is 4.69. The second-order valence-electron chi connectivity index (χ2n) is 6.85. The van der Waals surface area contributed by atoms with Crippen LogP contribution < -0.4 is 10.6 Å². The summed E-state index contributed by atoms with van der Waals surface area (Å²) in [6.07, 6.45) is 0. The molecule has 0 aliphatic carbocycles. The number of nitrogens with zero attached hydrogens (tertiary/aromatic N) is 2. The van der Waals surface area contributed by atoms with Crippen molar-refractivity contribution in [2.45, 2.75) is 12.8 Å². The van der Waals surface area contributed by atoms with Crippen molar-refractivity contribution in [2.75, 3.05) is 17.7 Å². The minimum Gasteiger partial charge on any atom is -0.462 e. The van der Waals surface area contributed by atoms with Gasteiger partial charge >= 0.3 is 5.97 Å². The van der Waals surface area contributed by atoms with E-state index in [4.69, 9.17) is 4.74 Å². The normalized spacial score (nSPS) is 15.7. The van der Waals surface area contributed by atoms with Crippen molar-refractivity contribution < 1.29 is 23.9 Å². The summed E-state index contributed by atoms with van der Waals surface area (Å²) < 4.78 is 5.72. The zero-order valence-electron chi connectivity index (χ0n) is 17.4. The maximum Gasteiger partial charge on any atom is 0.338 e. The van der Waals surface area contributed by atoms with Crippen molar-refractivity contribution >= 4 is 67.3 Å². The van der Waals surface area contributed by atoms with Crippen molar-refractivity contribution in [1.82, 2.24) is 10.3 Å². The largest absolute Gasteiger partial charge is 0.462 e. The highest BCUT2D eigenvalue weighted by molar-refractivity contribution is 8.14. The molecule has 2 N–H and O–H groups in total. The molecule has 0 bridgehead atoms. The molecular formula is C22H18N4O5S2. The number of nitrogens with one attached hydrogen (secondary N) is 2.